The van der Waals surface area contributed by atoms with Crippen LogP contribution in [0.4, 0.5) is 0 Å². The van der Waals surface area contributed by atoms with Crippen LogP contribution in [0.25, 0.3) is 27.8 Å². The van der Waals surface area contributed by atoms with Crippen LogP contribution < -0.4 is 9.47 Å². The molecule has 214 valence electrons. The average Bonchev–Trinajstić information content (AvgIpc) is 3.06. The normalized spacial score (nSPS) is 10.7. The summed E-state index contributed by atoms with van der Waals surface area (Å²) in [6.45, 7) is 8.07. The summed E-state index contributed by atoms with van der Waals surface area (Å²) in [5.74, 6) is 2.78. The number of hydrogen-bond donors (Lipinski definition) is 0. The molecule has 3 heteroatoms. The first-order valence-electron chi connectivity index (χ1n) is 14.6. The summed E-state index contributed by atoms with van der Waals surface area (Å²) in [5, 5.41) is 0. The van der Waals surface area contributed by atoms with E-state index in [1.165, 1.54) is 11.1 Å². The highest BCUT2D eigenvalue weighted by atomic mass is 16.5. The maximum absolute atomic E-state index is 13.1. The van der Waals surface area contributed by atoms with E-state index in [2.05, 4.69) is 74.2 Å². The minimum atomic E-state index is -0.0332. The lowest BCUT2D eigenvalue weighted by Crippen LogP contribution is -2.01. The molecule has 0 heterocycles. The zero-order chi connectivity index (χ0) is 30.5. The van der Waals surface area contributed by atoms with Crippen molar-refractivity contribution in [3.05, 3.63) is 174 Å². The van der Waals surface area contributed by atoms with E-state index in [4.69, 9.17) is 9.47 Å². The number of rotatable bonds is 9. The fourth-order valence-electron chi connectivity index (χ4n) is 4.91. The van der Waals surface area contributed by atoms with E-state index >= 15 is 0 Å². The Kier molecular flexibility index (Phi) is 8.20. The van der Waals surface area contributed by atoms with Gasteiger partial charge in [0, 0.05) is 11.1 Å². The molecule has 0 aliphatic heterocycles. The van der Waals surface area contributed by atoms with Gasteiger partial charge in [-0.05, 0) is 102 Å². The molecule has 0 aromatic heterocycles. The summed E-state index contributed by atoms with van der Waals surface area (Å²) in [7, 11) is 0. The van der Waals surface area contributed by atoms with Crippen molar-refractivity contribution >= 4 is 11.4 Å². The Balaban J connectivity index is 1.05. The quantitative estimate of drug-likeness (QED) is 0.162. The molecule has 0 amide bonds. The van der Waals surface area contributed by atoms with Gasteiger partial charge in [-0.25, -0.2) is 0 Å². The van der Waals surface area contributed by atoms with Crippen molar-refractivity contribution in [1.82, 2.24) is 0 Å². The highest BCUT2D eigenvalue weighted by molar-refractivity contribution is 6.09. The first-order chi connectivity index (χ1) is 21.4. The molecule has 44 heavy (non-hydrogen) atoms. The molecule has 0 saturated carbocycles. The Morgan fingerprint density at radius 1 is 0.432 bits per heavy atom. The summed E-state index contributed by atoms with van der Waals surface area (Å²) < 4.78 is 12.0. The molecule has 0 radical (unpaired) electrons. The molecule has 6 aromatic carbocycles. The number of ketones is 1. The molecule has 0 aliphatic rings. The maximum Gasteiger partial charge on any atom is 0.193 e. The van der Waals surface area contributed by atoms with Crippen LogP contribution in [0.15, 0.2) is 152 Å². The number of aryl methyl sites for hydroxylation is 1. The van der Waals surface area contributed by atoms with E-state index in [1.54, 1.807) is 12.1 Å². The number of allylic oxidation sites excluding steroid dienone is 1. The second-order valence-corrected chi connectivity index (χ2v) is 10.9. The molecule has 0 bridgehead atoms. The first kappa shape index (κ1) is 28.4. The SMILES string of the molecule is C=C(C)c1ccc(-c2ccc(C(=O)c3ccc(Oc4ccc(Oc5ccc(-c6ccc(C)cc6)cc5)cc4)cc3)cc2)cc1. The van der Waals surface area contributed by atoms with Crippen molar-refractivity contribution in [1.29, 1.82) is 0 Å². The fraction of sp³-hybridized carbons (Fsp3) is 0.0488. The van der Waals surface area contributed by atoms with Gasteiger partial charge in [-0.1, -0.05) is 103 Å². The molecule has 3 nitrogen and oxygen atoms in total. The van der Waals surface area contributed by atoms with Crippen LogP contribution in [-0.4, -0.2) is 5.78 Å². The van der Waals surface area contributed by atoms with E-state index in [0.717, 1.165) is 39.3 Å². The predicted octanol–water partition coefficient (Wildman–Crippen LogP) is 11.2. The second-order valence-electron chi connectivity index (χ2n) is 10.9. The summed E-state index contributed by atoms with van der Waals surface area (Å²) in [4.78, 5) is 13.1. The van der Waals surface area contributed by atoms with E-state index in [1.807, 2.05) is 79.7 Å². The molecule has 6 aromatic rings. The van der Waals surface area contributed by atoms with Crippen LogP contribution in [0.5, 0.6) is 23.0 Å². The van der Waals surface area contributed by atoms with Gasteiger partial charge in [-0.15, -0.1) is 0 Å². The first-order valence-corrected chi connectivity index (χ1v) is 14.6. The standard InChI is InChI=1S/C41H32O3/c1-28(2)30-8-10-32(11-9-30)33-12-14-35(15-13-33)41(42)36-18-22-38(23-19-36)44-40-26-24-39(25-27-40)43-37-20-16-34(17-21-37)31-6-4-29(3)5-7-31/h4-27H,1H2,2-3H3. The number of hydrogen-bond acceptors (Lipinski definition) is 3. The Morgan fingerprint density at radius 3 is 1.09 bits per heavy atom. The van der Waals surface area contributed by atoms with Crippen molar-refractivity contribution in [2.75, 3.05) is 0 Å². The maximum atomic E-state index is 13.1. The van der Waals surface area contributed by atoms with Crippen LogP contribution in [0.3, 0.4) is 0 Å². The highest BCUT2D eigenvalue weighted by Gasteiger charge is 2.10. The lowest BCUT2D eigenvalue weighted by atomic mass is 9.98. The van der Waals surface area contributed by atoms with Crippen LogP contribution in [0.2, 0.25) is 0 Å². The van der Waals surface area contributed by atoms with Gasteiger partial charge in [-0.2, -0.15) is 0 Å². The van der Waals surface area contributed by atoms with Gasteiger partial charge in [0.15, 0.2) is 5.78 Å². The topological polar surface area (TPSA) is 35.5 Å². The van der Waals surface area contributed by atoms with E-state index in [-0.39, 0.29) is 5.78 Å². The molecule has 0 saturated heterocycles. The molecular weight excluding hydrogens is 540 g/mol. The van der Waals surface area contributed by atoms with Gasteiger partial charge in [0.2, 0.25) is 0 Å². The number of carbonyl (C=O) groups is 1. The molecular formula is C41H32O3. The molecule has 0 spiro atoms. The zero-order valence-corrected chi connectivity index (χ0v) is 24.8. The summed E-state index contributed by atoms with van der Waals surface area (Å²) >= 11 is 0. The van der Waals surface area contributed by atoms with E-state index in [0.29, 0.717) is 22.6 Å². The minimum Gasteiger partial charge on any atom is -0.457 e. The zero-order valence-electron chi connectivity index (χ0n) is 24.8. The Morgan fingerprint density at radius 2 is 0.705 bits per heavy atom. The summed E-state index contributed by atoms with van der Waals surface area (Å²) in [6.07, 6.45) is 0. The molecule has 0 aliphatic carbocycles. The van der Waals surface area contributed by atoms with Gasteiger partial charge in [-0.3, -0.25) is 4.79 Å². The molecule has 0 atom stereocenters. The lowest BCUT2D eigenvalue weighted by molar-refractivity contribution is 0.103. The van der Waals surface area contributed by atoms with Gasteiger partial charge < -0.3 is 9.47 Å². The van der Waals surface area contributed by atoms with Crippen molar-refractivity contribution in [3.8, 4) is 45.3 Å². The predicted molar refractivity (Wildman–Crippen MR) is 180 cm³/mol. The van der Waals surface area contributed by atoms with Crippen LogP contribution >= 0.6 is 0 Å². The lowest BCUT2D eigenvalue weighted by Gasteiger charge is -2.10. The highest BCUT2D eigenvalue weighted by Crippen LogP contribution is 2.29. The fourth-order valence-corrected chi connectivity index (χ4v) is 4.91. The van der Waals surface area contributed by atoms with E-state index < -0.39 is 0 Å². The smallest absolute Gasteiger partial charge is 0.193 e. The van der Waals surface area contributed by atoms with Crippen molar-refractivity contribution in [2.45, 2.75) is 13.8 Å². The number of ether oxygens (including phenoxy) is 2. The molecule has 0 N–H and O–H groups in total. The number of benzene rings is 6. The minimum absolute atomic E-state index is 0.0332. The molecule has 6 rings (SSSR count). The average molecular weight is 573 g/mol. The van der Waals surface area contributed by atoms with Gasteiger partial charge in [0.05, 0.1) is 0 Å². The van der Waals surface area contributed by atoms with Gasteiger partial charge in [0.25, 0.3) is 0 Å². The third-order valence-corrected chi connectivity index (χ3v) is 7.51. The summed E-state index contributed by atoms with van der Waals surface area (Å²) in [5.41, 5.74) is 9.13. The third kappa shape index (κ3) is 6.69. The van der Waals surface area contributed by atoms with Gasteiger partial charge in [0.1, 0.15) is 23.0 Å². The van der Waals surface area contributed by atoms with Crippen LogP contribution in [0.1, 0.15) is 34.0 Å². The molecule has 0 unspecified atom stereocenters. The van der Waals surface area contributed by atoms with Crippen molar-refractivity contribution in [2.24, 2.45) is 0 Å². The third-order valence-electron chi connectivity index (χ3n) is 7.51. The summed E-state index contributed by atoms with van der Waals surface area (Å²) in [6, 6.07) is 47.2. The molecule has 0 fully saturated rings. The Labute approximate surface area is 258 Å². The Hall–Kier alpha value is -5.67. The van der Waals surface area contributed by atoms with Crippen molar-refractivity contribution in [3.63, 3.8) is 0 Å². The van der Waals surface area contributed by atoms with E-state index in [9.17, 15) is 4.79 Å². The van der Waals surface area contributed by atoms with Crippen LogP contribution in [0, 0.1) is 6.92 Å². The Bertz CT molecular complexity index is 1880. The number of carbonyl (C=O) groups excluding carboxylic acids is 1. The second kappa shape index (κ2) is 12.7. The van der Waals surface area contributed by atoms with Crippen LogP contribution in [-0.2, 0) is 0 Å². The van der Waals surface area contributed by atoms with Crippen molar-refractivity contribution < 1.29 is 14.3 Å². The largest absolute Gasteiger partial charge is 0.457 e. The van der Waals surface area contributed by atoms with Gasteiger partial charge >= 0.3 is 0 Å². The monoisotopic (exact) mass is 572 g/mol.